The highest BCUT2D eigenvalue weighted by Crippen LogP contribution is 2.29. The second-order valence-electron chi connectivity index (χ2n) is 4.40. The maximum atomic E-state index is 13.2. The zero-order chi connectivity index (χ0) is 15.2. The van der Waals surface area contributed by atoms with Crippen LogP contribution in [0.25, 0.3) is 0 Å². The van der Waals surface area contributed by atoms with E-state index in [1.807, 2.05) is 25.1 Å². The van der Waals surface area contributed by atoms with Crippen molar-refractivity contribution in [3.05, 3.63) is 52.3 Å². The summed E-state index contributed by atoms with van der Waals surface area (Å²) in [5.74, 6) is 1.13. The lowest BCUT2D eigenvalue weighted by molar-refractivity contribution is 0.310. The van der Waals surface area contributed by atoms with Crippen molar-refractivity contribution in [2.45, 2.75) is 13.5 Å². The third kappa shape index (κ3) is 4.11. The fourth-order valence-corrected chi connectivity index (χ4v) is 2.31. The molecular formula is C16H17BrFNO2. The molecule has 0 heterocycles. The zero-order valence-electron chi connectivity index (χ0n) is 12.0. The van der Waals surface area contributed by atoms with Gasteiger partial charge in [-0.05, 0) is 58.7 Å². The van der Waals surface area contributed by atoms with Gasteiger partial charge in [0.15, 0.2) is 11.5 Å². The summed E-state index contributed by atoms with van der Waals surface area (Å²) in [4.78, 5) is 0. The van der Waals surface area contributed by atoms with Crippen molar-refractivity contribution >= 4 is 21.6 Å². The Balaban J connectivity index is 2.11. The Morgan fingerprint density at radius 2 is 1.95 bits per heavy atom. The normalized spacial score (nSPS) is 10.3. The highest BCUT2D eigenvalue weighted by Gasteiger charge is 2.06. The van der Waals surface area contributed by atoms with Crippen LogP contribution in [0.15, 0.2) is 40.9 Å². The monoisotopic (exact) mass is 353 g/mol. The first-order chi connectivity index (χ1) is 10.1. The van der Waals surface area contributed by atoms with Gasteiger partial charge in [0.05, 0.1) is 19.4 Å². The molecule has 2 rings (SSSR count). The van der Waals surface area contributed by atoms with Gasteiger partial charge in [-0.1, -0.05) is 6.07 Å². The number of anilines is 1. The van der Waals surface area contributed by atoms with Crippen molar-refractivity contribution < 1.29 is 13.9 Å². The summed E-state index contributed by atoms with van der Waals surface area (Å²) < 4.78 is 24.8. The first kappa shape index (κ1) is 15.6. The predicted octanol–water partition coefficient (Wildman–Crippen LogP) is 4.61. The van der Waals surface area contributed by atoms with Crippen LogP contribution in [0.1, 0.15) is 12.5 Å². The summed E-state index contributed by atoms with van der Waals surface area (Å²) in [6, 6.07) is 10.3. The van der Waals surface area contributed by atoms with Gasteiger partial charge < -0.3 is 14.8 Å². The first-order valence-corrected chi connectivity index (χ1v) is 7.42. The van der Waals surface area contributed by atoms with Gasteiger partial charge >= 0.3 is 0 Å². The maximum Gasteiger partial charge on any atom is 0.161 e. The molecule has 2 aromatic rings. The molecule has 0 saturated heterocycles. The Morgan fingerprint density at radius 1 is 1.14 bits per heavy atom. The largest absolute Gasteiger partial charge is 0.493 e. The quantitative estimate of drug-likeness (QED) is 0.822. The third-order valence-electron chi connectivity index (χ3n) is 2.94. The SMILES string of the molecule is CCOc1ccc(CNc2cc(F)ccc2Br)cc1OC. The lowest BCUT2D eigenvalue weighted by Gasteiger charge is -2.12. The molecule has 0 atom stereocenters. The molecule has 21 heavy (non-hydrogen) atoms. The molecule has 1 N–H and O–H groups in total. The van der Waals surface area contributed by atoms with Gasteiger partial charge in [0.25, 0.3) is 0 Å². The third-order valence-corrected chi connectivity index (χ3v) is 3.63. The standard InChI is InChI=1S/C16H17BrFNO2/c1-3-21-15-7-4-11(8-16(15)20-2)10-19-14-9-12(18)5-6-13(14)17/h4-9,19H,3,10H2,1-2H3. The summed E-state index contributed by atoms with van der Waals surface area (Å²) in [5.41, 5.74) is 1.73. The minimum atomic E-state index is -0.273. The van der Waals surface area contributed by atoms with E-state index in [1.54, 1.807) is 13.2 Å². The fraction of sp³-hybridized carbons (Fsp3) is 0.250. The Kier molecular flexibility index (Phi) is 5.44. The van der Waals surface area contributed by atoms with Crippen molar-refractivity contribution in [2.75, 3.05) is 19.0 Å². The van der Waals surface area contributed by atoms with Crippen LogP contribution in [-0.4, -0.2) is 13.7 Å². The van der Waals surface area contributed by atoms with E-state index in [0.29, 0.717) is 24.6 Å². The minimum absolute atomic E-state index is 0.273. The van der Waals surface area contributed by atoms with Gasteiger partial charge in [-0.15, -0.1) is 0 Å². The summed E-state index contributed by atoms with van der Waals surface area (Å²) in [6.45, 7) is 3.07. The summed E-state index contributed by atoms with van der Waals surface area (Å²) in [5, 5.41) is 3.19. The maximum absolute atomic E-state index is 13.2. The number of benzene rings is 2. The van der Waals surface area contributed by atoms with Crippen LogP contribution in [0.4, 0.5) is 10.1 Å². The van der Waals surface area contributed by atoms with Gasteiger partial charge in [-0.2, -0.15) is 0 Å². The first-order valence-electron chi connectivity index (χ1n) is 6.62. The molecule has 0 unspecified atom stereocenters. The molecule has 112 valence electrons. The highest BCUT2D eigenvalue weighted by molar-refractivity contribution is 9.10. The van der Waals surface area contributed by atoms with Crippen molar-refractivity contribution in [2.24, 2.45) is 0 Å². The molecule has 0 saturated carbocycles. The fourth-order valence-electron chi connectivity index (χ4n) is 1.93. The number of halogens is 2. The second kappa shape index (κ2) is 7.31. The number of nitrogens with one attached hydrogen (secondary N) is 1. The van der Waals surface area contributed by atoms with E-state index in [4.69, 9.17) is 9.47 Å². The smallest absolute Gasteiger partial charge is 0.161 e. The van der Waals surface area contributed by atoms with Gasteiger partial charge in [0.2, 0.25) is 0 Å². The lowest BCUT2D eigenvalue weighted by Crippen LogP contribution is -2.02. The number of methoxy groups -OCH3 is 1. The summed E-state index contributed by atoms with van der Waals surface area (Å²) in [6.07, 6.45) is 0. The molecule has 0 bridgehead atoms. The molecule has 0 aromatic heterocycles. The zero-order valence-corrected chi connectivity index (χ0v) is 13.5. The van der Waals surface area contributed by atoms with Crippen molar-refractivity contribution in [1.29, 1.82) is 0 Å². The molecule has 0 fully saturated rings. The van der Waals surface area contributed by atoms with Crippen LogP contribution >= 0.6 is 15.9 Å². The van der Waals surface area contributed by atoms with Crippen LogP contribution in [0.2, 0.25) is 0 Å². The van der Waals surface area contributed by atoms with E-state index < -0.39 is 0 Å². The van der Waals surface area contributed by atoms with Crippen LogP contribution in [0, 0.1) is 5.82 Å². The topological polar surface area (TPSA) is 30.5 Å². The molecular weight excluding hydrogens is 337 g/mol. The predicted molar refractivity (Wildman–Crippen MR) is 85.6 cm³/mol. The van der Waals surface area contributed by atoms with Crippen molar-refractivity contribution in [1.82, 2.24) is 0 Å². The van der Waals surface area contributed by atoms with E-state index >= 15 is 0 Å². The minimum Gasteiger partial charge on any atom is -0.493 e. The van der Waals surface area contributed by atoms with Crippen LogP contribution in [-0.2, 0) is 6.54 Å². The number of hydrogen-bond donors (Lipinski definition) is 1. The van der Waals surface area contributed by atoms with E-state index in [9.17, 15) is 4.39 Å². The van der Waals surface area contributed by atoms with Gasteiger partial charge in [0, 0.05) is 11.0 Å². The van der Waals surface area contributed by atoms with Gasteiger partial charge in [-0.3, -0.25) is 0 Å². The van der Waals surface area contributed by atoms with Crippen LogP contribution < -0.4 is 14.8 Å². The summed E-state index contributed by atoms with van der Waals surface area (Å²) in [7, 11) is 1.61. The Morgan fingerprint density at radius 3 is 2.67 bits per heavy atom. The van der Waals surface area contributed by atoms with Gasteiger partial charge in [0.1, 0.15) is 5.82 Å². The Labute approximate surface area is 132 Å². The average Bonchev–Trinajstić information content (AvgIpc) is 2.49. The van der Waals surface area contributed by atoms with E-state index in [-0.39, 0.29) is 5.82 Å². The van der Waals surface area contributed by atoms with E-state index in [2.05, 4.69) is 21.2 Å². The van der Waals surface area contributed by atoms with Gasteiger partial charge in [-0.25, -0.2) is 4.39 Å². The number of hydrogen-bond acceptors (Lipinski definition) is 3. The second-order valence-corrected chi connectivity index (χ2v) is 5.25. The Bertz CT molecular complexity index is 619. The molecule has 0 amide bonds. The molecule has 2 aromatic carbocycles. The molecule has 5 heteroatoms. The summed E-state index contributed by atoms with van der Waals surface area (Å²) >= 11 is 3.39. The lowest BCUT2D eigenvalue weighted by atomic mass is 10.2. The van der Waals surface area contributed by atoms with Crippen molar-refractivity contribution in [3.8, 4) is 11.5 Å². The molecule has 0 aliphatic rings. The van der Waals surface area contributed by atoms with E-state index in [0.717, 1.165) is 15.8 Å². The number of ether oxygens (including phenoxy) is 2. The van der Waals surface area contributed by atoms with Crippen molar-refractivity contribution in [3.63, 3.8) is 0 Å². The van der Waals surface area contributed by atoms with Crippen LogP contribution in [0.3, 0.4) is 0 Å². The molecule has 0 radical (unpaired) electrons. The number of rotatable bonds is 6. The molecule has 3 nitrogen and oxygen atoms in total. The Hall–Kier alpha value is -1.75. The molecule has 0 spiro atoms. The average molecular weight is 354 g/mol. The highest BCUT2D eigenvalue weighted by atomic mass is 79.9. The van der Waals surface area contributed by atoms with Crippen LogP contribution in [0.5, 0.6) is 11.5 Å². The molecule has 0 aliphatic carbocycles. The molecule has 0 aliphatic heterocycles. The van der Waals surface area contributed by atoms with E-state index in [1.165, 1.54) is 12.1 Å².